The molecule has 0 aromatic carbocycles. The molecule has 0 aliphatic rings. The molecule has 1 aromatic heterocycles. The molecule has 2 N–H and O–H groups in total. The van der Waals surface area contributed by atoms with Crippen LogP contribution in [0.3, 0.4) is 0 Å². The van der Waals surface area contributed by atoms with Gasteiger partial charge in [-0.25, -0.2) is 0 Å². The van der Waals surface area contributed by atoms with Gasteiger partial charge < -0.3 is 15.2 Å². The Morgan fingerprint density at radius 1 is 1.69 bits per heavy atom. The molecule has 72 valence electrons. The predicted molar refractivity (Wildman–Crippen MR) is 54.4 cm³/mol. The highest BCUT2D eigenvalue weighted by Gasteiger charge is 2.10. The molecule has 0 bridgehead atoms. The summed E-state index contributed by atoms with van der Waals surface area (Å²) in [4.78, 5) is 0. The summed E-state index contributed by atoms with van der Waals surface area (Å²) in [5, 5.41) is 10.4. The number of aryl methyl sites for hydroxylation is 1. The van der Waals surface area contributed by atoms with Crippen LogP contribution in [0.5, 0.6) is 0 Å². The van der Waals surface area contributed by atoms with Gasteiger partial charge >= 0.3 is 0 Å². The van der Waals surface area contributed by atoms with E-state index in [2.05, 4.69) is 15.8 Å². The second-order valence-electron chi connectivity index (χ2n) is 2.81. The molecule has 4 nitrogen and oxygen atoms in total. The first-order chi connectivity index (χ1) is 6.13. The summed E-state index contributed by atoms with van der Waals surface area (Å²) >= 11 is 4.96. The molecule has 0 saturated carbocycles. The molecule has 1 aromatic rings. The van der Waals surface area contributed by atoms with Crippen LogP contribution in [0, 0.1) is 6.92 Å². The Bertz CT molecular complexity index is 297. The molecule has 0 saturated heterocycles. The summed E-state index contributed by atoms with van der Waals surface area (Å²) < 4.78 is 4.95. The molecular weight excluding hydrogens is 186 g/mol. The van der Waals surface area contributed by atoms with E-state index in [4.69, 9.17) is 16.7 Å². The van der Waals surface area contributed by atoms with Gasteiger partial charge in [-0.05, 0) is 26.1 Å². The van der Waals surface area contributed by atoms with E-state index in [9.17, 15) is 0 Å². The molecule has 1 heterocycles. The van der Waals surface area contributed by atoms with Crippen molar-refractivity contribution in [2.24, 2.45) is 0 Å². The molecule has 0 aliphatic heterocycles. The van der Waals surface area contributed by atoms with Crippen molar-refractivity contribution < 1.29 is 4.52 Å². The molecule has 0 aliphatic carbocycles. The van der Waals surface area contributed by atoms with Crippen LogP contribution in [-0.2, 0) is 0 Å². The van der Waals surface area contributed by atoms with Crippen LogP contribution in [0.2, 0.25) is 0 Å². The molecule has 0 radical (unpaired) electrons. The van der Waals surface area contributed by atoms with E-state index >= 15 is 0 Å². The highest BCUT2D eigenvalue weighted by molar-refractivity contribution is 7.80. The average Bonchev–Trinajstić information content (AvgIpc) is 2.51. The Balaban J connectivity index is 2.58. The monoisotopic (exact) mass is 199 g/mol. The number of nitrogens with zero attached hydrogens (tertiary/aromatic N) is 1. The molecule has 13 heavy (non-hydrogen) atoms. The quantitative estimate of drug-likeness (QED) is 0.699. The third-order valence-corrected chi connectivity index (χ3v) is 1.99. The summed E-state index contributed by atoms with van der Waals surface area (Å²) in [6.45, 7) is 3.83. The minimum atomic E-state index is 0.0670. The zero-order valence-electron chi connectivity index (χ0n) is 7.92. The molecule has 0 spiro atoms. The highest BCUT2D eigenvalue weighted by Crippen LogP contribution is 2.11. The molecule has 1 atom stereocenters. The maximum Gasteiger partial charge on any atom is 0.166 e. The van der Waals surface area contributed by atoms with Crippen molar-refractivity contribution in [2.45, 2.75) is 19.9 Å². The summed E-state index contributed by atoms with van der Waals surface area (Å²) in [7, 11) is 1.77. The van der Waals surface area contributed by atoms with Crippen molar-refractivity contribution in [3.05, 3.63) is 17.5 Å². The minimum Gasteiger partial charge on any atom is -0.366 e. The maximum atomic E-state index is 4.96. The Kier molecular flexibility index (Phi) is 3.25. The fourth-order valence-corrected chi connectivity index (χ4v) is 1.11. The fraction of sp³-hybridized carbons (Fsp3) is 0.500. The van der Waals surface area contributed by atoms with Gasteiger partial charge in [-0.15, -0.1) is 0 Å². The second kappa shape index (κ2) is 4.23. The summed E-state index contributed by atoms with van der Waals surface area (Å²) in [6.07, 6.45) is 0. The van der Waals surface area contributed by atoms with Crippen molar-refractivity contribution >= 4 is 17.3 Å². The van der Waals surface area contributed by atoms with Gasteiger partial charge in [0.05, 0.1) is 6.04 Å². The van der Waals surface area contributed by atoms with Crippen LogP contribution < -0.4 is 10.6 Å². The molecule has 1 rings (SSSR count). The summed E-state index contributed by atoms with van der Waals surface area (Å²) in [6, 6.07) is 1.95. The van der Waals surface area contributed by atoms with Gasteiger partial charge in [-0.3, -0.25) is 0 Å². The Labute approximate surface area is 82.7 Å². The topological polar surface area (TPSA) is 50.1 Å². The third kappa shape index (κ3) is 2.69. The Morgan fingerprint density at radius 2 is 2.38 bits per heavy atom. The van der Waals surface area contributed by atoms with Gasteiger partial charge in [-0.2, -0.15) is 0 Å². The van der Waals surface area contributed by atoms with E-state index in [1.807, 2.05) is 19.9 Å². The van der Waals surface area contributed by atoms with Gasteiger partial charge in [0.1, 0.15) is 11.5 Å². The largest absolute Gasteiger partial charge is 0.366 e. The smallest absolute Gasteiger partial charge is 0.166 e. The summed E-state index contributed by atoms with van der Waals surface area (Å²) in [5.74, 6) is 0.805. The minimum absolute atomic E-state index is 0.0670. The van der Waals surface area contributed by atoms with Gasteiger partial charge in [0.2, 0.25) is 0 Å². The lowest BCUT2D eigenvalue weighted by Gasteiger charge is -2.11. The summed E-state index contributed by atoms with van der Waals surface area (Å²) in [5.41, 5.74) is 0.857. The Morgan fingerprint density at radius 3 is 2.85 bits per heavy atom. The van der Waals surface area contributed by atoms with E-state index in [-0.39, 0.29) is 6.04 Å². The third-order valence-electron chi connectivity index (χ3n) is 1.66. The number of hydrogen-bond acceptors (Lipinski definition) is 3. The lowest BCUT2D eigenvalue weighted by atomic mass is 10.2. The van der Waals surface area contributed by atoms with Gasteiger partial charge in [-0.1, -0.05) is 5.16 Å². The fourth-order valence-electron chi connectivity index (χ4n) is 0.932. The predicted octanol–water partition coefficient (Wildman–Crippen LogP) is 1.14. The van der Waals surface area contributed by atoms with Crippen LogP contribution >= 0.6 is 12.2 Å². The SMILES string of the molecule is CNC(=S)NC(C)c1cc(C)on1. The average molecular weight is 199 g/mol. The van der Waals surface area contributed by atoms with Crippen molar-refractivity contribution in [1.29, 1.82) is 0 Å². The number of rotatable bonds is 2. The Hall–Kier alpha value is -1.10. The van der Waals surface area contributed by atoms with Gasteiger partial charge in [0, 0.05) is 13.1 Å². The lowest BCUT2D eigenvalue weighted by molar-refractivity contribution is 0.385. The van der Waals surface area contributed by atoms with Crippen molar-refractivity contribution in [1.82, 2.24) is 15.8 Å². The van der Waals surface area contributed by atoms with Crippen LogP contribution in [-0.4, -0.2) is 17.3 Å². The van der Waals surface area contributed by atoms with Crippen molar-refractivity contribution in [3.8, 4) is 0 Å². The van der Waals surface area contributed by atoms with E-state index in [1.165, 1.54) is 0 Å². The normalized spacial score (nSPS) is 12.2. The van der Waals surface area contributed by atoms with Crippen LogP contribution in [0.4, 0.5) is 0 Å². The zero-order valence-corrected chi connectivity index (χ0v) is 8.73. The van der Waals surface area contributed by atoms with E-state index in [0.29, 0.717) is 5.11 Å². The number of aromatic nitrogens is 1. The van der Waals surface area contributed by atoms with Gasteiger partial charge in [0.25, 0.3) is 0 Å². The van der Waals surface area contributed by atoms with Crippen LogP contribution in [0.1, 0.15) is 24.4 Å². The molecule has 5 heteroatoms. The first kappa shape index (κ1) is 9.98. The van der Waals surface area contributed by atoms with Crippen LogP contribution in [0.15, 0.2) is 10.6 Å². The molecule has 0 amide bonds. The highest BCUT2D eigenvalue weighted by atomic mass is 32.1. The van der Waals surface area contributed by atoms with E-state index in [1.54, 1.807) is 7.05 Å². The van der Waals surface area contributed by atoms with Crippen molar-refractivity contribution in [3.63, 3.8) is 0 Å². The second-order valence-corrected chi connectivity index (χ2v) is 3.22. The van der Waals surface area contributed by atoms with Crippen molar-refractivity contribution in [2.75, 3.05) is 7.05 Å². The zero-order chi connectivity index (χ0) is 9.84. The standard InChI is InChI=1S/C8H13N3OS/c1-5-4-7(11-12-5)6(2)10-8(13)9-3/h4,6H,1-3H3,(H2,9,10,13). The first-order valence-electron chi connectivity index (χ1n) is 4.05. The molecule has 1 unspecified atom stereocenters. The maximum absolute atomic E-state index is 4.96. The number of hydrogen-bond donors (Lipinski definition) is 2. The molecule has 0 fully saturated rings. The van der Waals surface area contributed by atoms with E-state index < -0.39 is 0 Å². The van der Waals surface area contributed by atoms with Gasteiger partial charge in [0.15, 0.2) is 5.11 Å². The van der Waals surface area contributed by atoms with E-state index in [0.717, 1.165) is 11.5 Å². The number of nitrogens with one attached hydrogen (secondary N) is 2. The van der Waals surface area contributed by atoms with Crippen LogP contribution in [0.25, 0.3) is 0 Å². The lowest BCUT2D eigenvalue weighted by Crippen LogP contribution is -2.34. The molecular formula is C8H13N3OS. The first-order valence-corrected chi connectivity index (χ1v) is 4.45. The number of thiocarbonyl (C=S) groups is 1.